The van der Waals surface area contributed by atoms with E-state index in [1.807, 2.05) is 27.7 Å². The Morgan fingerprint density at radius 3 is 2.50 bits per heavy atom. The van der Waals surface area contributed by atoms with E-state index in [1.54, 1.807) is 34.0 Å². The van der Waals surface area contributed by atoms with E-state index in [0.717, 1.165) is 0 Å². The van der Waals surface area contributed by atoms with Gasteiger partial charge in [0.05, 0.1) is 0 Å². The molecular weight excluding hydrogens is 362 g/mol. The second kappa shape index (κ2) is 11.9. The van der Waals surface area contributed by atoms with Gasteiger partial charge in [0.2, 0.25) is 0 Å². The molecule has 1 heterocycles. The van der Waals surface area contributed by atoms with Crippen molar-refractivity contribution in [1.82, 2.24) is 10.2 Å². The molecular formula is C20H32N3O5+. The van der Waals surface area contributed by atoms with Gasteiger partial charge in [0, 0.05) is 32.1 Å². The summed E-state index contributed by atoms with van der Waals surface area (Å²) >= 11 is 0. The van der Waals surface area contributed by atoms with Gasteiger partial charge in [-0.2, -0.15) is 4.57 Å². The van der Waals surface area contributed by atoms with Gasteiger partial charge in [0.15, 0.2) is 12.4 Å². The van der Waals surface area contributed by atoms with Crippen molar-refractivity contribution in [3.63, 3.8) is 0 Å². The van der Waals surface area contributed by atoms with Crippen molar-refractivity contribution in [2.24, 2.45) is 11.8 Å². The maximum absolute atomic E-state index is 12.4. The van der Waals surface area contributed by atoms with Crippen LogP contribution < -0.4 is 9.88 Å². The van der Waals surface area contributed by atoms with Crippen LogP contribution in [0.1, 0.15) is 50.9 Å². The van der Waals surface area contributed by atoms with Gasteiger partial charge in [-0.1, -0.05) is 13.8 Å². The number of aromatic nitrogens is 1. The first-order valence-corrected chi connectivity index (χ1v) is 9.67. The maximum Gasteiger partial charge on any atom is 0.412 e. The monoisotopic (exact) mass is 394 g/mol. The molecule has 0 saturated carbocycles. The second-order valence-electron chi connectivity index (χ2n) is 7.12. The number of carbonyl (C=O) groups excluding carboxylic acids is 2. The van der Waals surface area contributed by atoms with E-state index >= 15 is 0 Å². The van der Waals surface area contributed by atoms with Crippen molar-refractivity contribution in [1.29, 1.82) is 0 Å². The van der Waals surface area contributed by atoms with Crippen LogP contribution in [0.25, 0.3) is 0 Å². The van der Waals surface area contributed by atoms with Crippen molar-refractivity contribution in [3.8, 4) is 0 Å². The van der Waals surface area contributed by atoms with Crippen LogP contribution in [0.3, 0.4) is 0 Å². The lowest BCUT2D eigenvalue weighted by atomic mass is 9.94. The Morgan fingerprint density at radius 1 is 1.25 bits per heavy atom. The Hall–Kier alpha value is -2.64. The highest BCUT2D eigenvalue weighted by molar-refractivity contribution is 5.93. The van der Waals surface area contributed by atoms with E-state index < -0.39 is 12.1 Å². The predicted octanol–water partition coefficient (Wildman–Crippen LogP) is 2.28. The molecule has 0 aromatic carbocycles. The number of pyridine rings is 1. The molecule has 1 atom stereocenters. The third kappa shape index (κ3) is 8.37. The van der Waals surface area contributed by atoms with Crippen molar-refractivity contribution < 1.29 is 28.8 Å². The summed E-state index contributed by atoms with van der Waals surface area (Å²) in [5, 5.41) is 11.6. The fourth-order valence-corrected chi connectivity index (χ4v) is 2.99. The van der Waals surface area contributed by atoms with Crippen LogP contribution in [-0.4, -0.2) is 47.6 Å². The van der Waals surface area contributed by atoms with Gasteiger partial charge in [-0.15, -0.1) is 0 Å². The first-order valence-electron chi connectivity index (χ1n) is 9.67. The molecule has 0 saturated heterocycles. The topological polar surface area (TPSA) is 99.8 Å². The Bertz CT molecular complexity index is 659. The molecule has 8 heteroatoms. The number of hydrogen-bond donors (Lipinski definition) is 2. The summed E-state index contributed by atoms with van der Waals surface area (Å²) in [6.45, 7) is 9.31. The fourth-order valence-electron chi connectivity index (χ4n) is 2.99. The Morgan fingerprint density at radius 2 is 1.93 bits per heavy atom. The molecule has 1 aromatic rings. The molecule has 8 nitrogen and oxygen atoms in total. The van der Waals surface area contributed by atoms with E-state index in [-0.39, 0.29) is 31.5 Å². The van der Waals surface area contributed by atoms with Crippen LogP contribution in [0.4, 0.5) is 4.79 Å². The van der Waals surface area contributed by atoms with E-state index in [9.17, 15) is 14.4 Å². The Balaban J connectivity index is 2.57. The molecule has 0 bridgehead atoms. The first kappa shape index (κ1) is 23.4. The number of carboxylic acid groups (broad SMARTS) is 1. The number of carboxylic acids is 1. The third-order valence-corrected chi connectivity index (χ3v) is 4.30. The molecule has 0 aliphatic rings. The number of amides is 2. The smallest absolute Gasteiger partial charge is 0.412 e. The number of carbonyl (C=O) groups is 3. The summed E-state index contributed by atoms with van der Waals surface area (Å²) in [5.41, 5.74) is 0.522. The minimum atomic E-state index is -0.883. The van der Waals surface area contributed by atoms with Gasteiger partial charge >= 0.3 is 12.1 Å². The quantitative estimate of drug-likeness (QED) is 0.561. The Kier molecular flexibility index (Phi) is 9.98. The van der Waals surface area contributed by atoms with Crippen molar-refractivity contribution >= 4 is 18.0 Å². The molecule has 0 aliphatic carbocycles. The second-order valence-corrected chi connectivity index (χ2v) is 7.12. The highest BCUT2D eigenvalue weighted by Crippen LogP contribution is 2.14. The maximum atomic E-state index is 12.4. The molecule has 2 N–H and O–H groups in total. The van der Waals surface area contributed by atoms with Gasteiger partial charge in [0.25, 0.3) is 12.6 Å². The Labute approximate surface area is 166 Å². The zero-order chi connectivity index (χ0) is 21.1. The zero-order valence-corrected chi connectivity index (χ0v) is 17.2. The van der Waals surface area contributed by atoms with E-state index in [2.05, 4.69) is 5.32 Å². The minimum absolute atomic E-state index is 0.00270. The minimum Gasteiger partial charge on any atom is -0.481 e. The van der Waals surface area contributed by atoms with Gasteiger partial charge < -0.3 is 20.1 Å². The van der Waals surface area contributed by atoms with Crippen LogP contribution in [0.2, 0.25) is 0 Å². The van der Waals surface area contributed by atoms with Crippen LogP contribution in [-0.2, 0) is 16.3 Å². The molecule has 2 amide bonds. The van der Waals surface area contributed by atoms with Crippen LogP contribution in [0.15, 0.2) is 24.5 Å². The highest BCUT2D eigenvalue weighted by atomic mass is 16.6. The number of hydrogen-bond acceptors (Lipinski definition) is 4. The lowest BCUT2D eigenvalue weighted by Gasteiger charge is -2.18. The molecule has 1 aromatic heterocycles. The number of nitrogens with zero attached hydrogens (tertiary/aromatic N) is 2. The summed E-state index contributed by atoms with van der Waals surface area (Å²) in [7, 11) is 0. The van der Waals surface area contributed by atoms with Crippen molar-refractivity contribution in [2.45, 2.75) is 47.3 Å². The average molecular weight is 394 g/mol. The molecule has 1 rings (SSSR count). The van der Waals surface area contributed by atoms with E-state index in [4.69, 9.17) is 9.84 Å². The summed E-state index contributed by atoms with van der Waals surface area (Å²) in [4.78, 5) is 37.0. The summed E-state index contributed by atoms with van der Waals surface area (Å²) < 4.78 is 6.79. The van der Waals surface area contributed by atoms with Gasteiger partial charge in [-0.25, -0.2) is 4.79 Å². The van der Waals surface area contributed by atoms with E-state index in [1.165, 1.54) is 0 Å². The van der Waals surface area contributed by atoms with Crippen LogP contribution in [0.5, 0.6) is 0 Å². The van der Waals surface area contributed by atoms with Gasteiger partial charge in [0.1, 0.15) is 5.56 Å². The lowest BCUT2D eigenvalue weighted by Crippen LogP contribution is -2.40. The third-order valence-electron chi connectivity index (χ3n) is 4.30. The number of aliphatic carboxylic acids is 1. The number of alkyl carbamates (subject to hydrolysis) is 1. The molecule has 0 unspecified atom stereocenters. The molecule has 0 fully saturated rings. The molecule has 156 valence electrons. The van der Waals surface area contributed by atoms with E-state index in [0.29, 0.717) is 31.0 Å². The molecule has 0 spiro atoms. The lowest BCUT2D eigenvalue weighted by molar-refractivity contribution is -0.727. The van der Waals surface area contributed by atoms with Crippen molar-refractivity contribution in [3.05, 3.63) is 30.1 Å². The predicted molar refractivity (Wildman–Crippen MR) is 104 cm³/mol. The van der Waals surface area contributed by atoms with Gasteiger partial charge in [-0.3, -0.25) is 9.59 Å². The highest BCUT2D eigenvalue weighted by Gasteiger charge is 2.18. The number of nitrogens with one attached hydrogen (secondary N) is 1. The van der Waals surface area contributed by atoms with Crippen LogP contribution in [0, 0.1) is 11.8 Å². The largest absolute Gasteiger partial charge is 0.481 e. The number of rotatable bonds is 11. The van der Waals surface area contributed by atoms with Crippen LogP contribution >= 0.6 is 0 Å². The molecule has 28 heavy (non-hydrogen) atoms. The fraction of sp³-hybridized carbons (Fsp3) is 0.600. The SMILES string of the molecule is CCN(CC)C(=O)c1ccc[n+](COC(=O)NC[C@H](CC(=O)O)CC(C)C)c1. The molecule has 0 aliphatic heterocycles. The standard InChI is InChI=1S/C20H31N3O5/c1-5-23(6-2)19(26)17-8-7-9-22(13-17)14-28-20(27)21-12-16(10-15(3)4)11-18(24)25/h7-9,13,15-16H,5-6,10-12,14H2,1-4H3,(H-,21,24,25,27)/p+1/t16-/m0/s1. The molecule has 0 radical (unpaired) electrons. The normalized spacial score (nSPS) is 11.8. The average Bonchev–Trinajstić information content (AvgIpc) is 2.64. The summed E-state index contributed by atoms with van der Waals surface area (Å²) in [5.74, 6) is -0.767. The van der Waals surface area contributed by atoms with Gasteiger partial charge in [-0.05, 0) is 38.2 Å². The summed E-state index contributed by atoms with van der Waals surface area (Å²) in [6, 6.07) is 3.45. The zero-order valence-electron chi connectivity index (χ0n) is 17.2. The van der Waals surface area contributed by atoms with Crippen molar-refractivity contribution in [2.75, 3.05) is 19.6 Å². The summed E-state index contributed by atoms with van der Waals surface area (Å²) in [6.07, 6.45) is 3.43. The number of ether oxygens (including phenoxy) is 1. The first-order chi connectivity index (χ1) is 13.3.